The third-order valence-corrected chi connectivity index (χ3v) is 5.63. The van der Waals surface area contributed by atoms with E-state index in [9.17, 15) is 19.5 Å². The number of likely N-dealkylation sites (tertiary alicyclic amines) is 1. The summed E-state index contributed by atoms with van der Waals surface area (Å²) in [4.78, 5) is 38.7. The Morgan fingerprint density at radius 2 is 1.78 bits per heavy atom. The number of hydrogen-bond acceptors (Lipinski definition) is 4. The van der Waals surface area contributed by atoms with Gasteiger partial charge in [-0.3, -0.25) is 9.59 Å². The Hall–Kier alpha value is -2.96. The third-order valence-electron chi connectivity index (χ3n) is 5.63. The molecular formula is C20H21N3O4. The van der Waals surface area contributed by atoms with Crippen molar-refractivity contribution >= 4 is 11.9 Å². The first-order valence-corrected chi connectivity index (χ1v) is 9.27. The predicted octanol–water partition coefficient (Wildman–Crippen LogP) is 2.09. The first-order chi connectivity index (χ1) is 13.1. The number of aromatic nitrogens is 2. The predicted molar refractivity (Wildman–Crippen MR) is 97.8 cm³/mol. The van der Waals surface area contributed by atoms with Crippen molar-refractivity contribution in [3.05, 3.63) is 58.5 Å². The van der Waals surface area contributed by atoms with Gasteiger partial charge in [-0.25, -0.2) is 4.79 Å². The van der Waals surface area contributed by atoms with Crippen LogP contribution >= 0.6 is 0 Å². The average Bonchev–Trinajstić information content (AvgIpc) is 3.08. The Labute approximate surface area is 156 Å². The van der Waals surface area contributed by atoms with E-state index in [2.05, 4.69) is 5.10 Å². The molecule has 1 aliphatic heterocycles. The van der Waals surface area contributed by atoms with Gasteiger partial charge in [0.2, 0.25) is 0 Å². The summed E-state index contributed by atoms with van der Waals surface area (Å²) in [6, 6.07) is 10.7. The Balaban J connectivity index is 1.71. The van der Waals surface area contributed by atoms with Gasteiger partial charge >= 0.3 is 5.97 Å². The van der Waals surface area contributed by atoms with Crippen LogP contribution in [-0.2, 0) is 4.79 Å². The molecule has 0 radical (unpaired) electrons. The molecule has 2 heterocycles. The van der Waals surface area contributed by atoms with Crippen LogP contribution in [0, 0.1) is 5.92 Å². The molecule has 27 heavy (non-hydrogen) atoms. The molecule has 1 saturated heterocycles. The Bertz CT molecular complexity index is 924. The highest BCUT2D eigenvalue weighted by Gasteiger charge is 2.48. The summed E-state index contributed by atoms with van der Waals surface area (Å²) in [6.45, 7) is 0. The normalized spacial score (nSPS) is 24.4. The first kappa shape index (κ1) is 17.5. The average molecular weight is 367 g/mol. The summed E-state index contributed by atoms with van der Waals surface area (Å²) in [5.41, 5.74) is 0.310. The van der Waals surface area contributed by atoms with Crippen molar-refractivity contribution in [3.8, 4) is 5.69 Å². The number of carbonyl (C=O) groups is 2. The largest absolute Gasteiger partial charge is 0.480 e. The summed E-state index contributed by atoms with van der Waals surface area (Å²) in [5.74, 6) is -1.17. The lowest BCUT2D eigenvalue weighted by molar-refractivity contribution is -0.141. The quantitative estimate of drug-likeness (QED) is 0.897. The van der Waals surface area contributed by atoms with E-state index in [1.165, 1.54) is 21.7 Å². The van der Waals surface area contributed by atoms with E-state index in [0.717, 1.165) is 25.7 Å². The number of carbonyl (C=O) groups excluding carboxylic acids is 1. The molecule has 1 aromatic heterocycles. The number of fused-ring (bicyclic) bond motifs is 1. The van der Waals surface area contributed by atoms with Gasteiger partial charge in [0, 0.05) is 12.1 Å². The van der Waals surface area contributed by atoms with Gasteiger partial charge < -0.3 is 10.0 Å². The van der Waals surface area contributed by atoms with Crippen LogP contribution < -0.4 is 5.56 Å². The van der Waals surface area contributed by atoms with Crippen molar-refractivity contribution in [3.63, 3.8) is 0 Å². The summed E-state index contributed by atoms with van der Waals surface area (Å²) < 4.78 is 1.18. The second-order valence-corrected chi connectivity index (χ2v) is 7.22. The van der Waals surface area contributed by atoms with Crippen LogP contribution in [0.3, 0.4) is 0 Å². The Kier molecular flexibility index (Phi) is 4.51. The van der Waals surface area contributed by atoms with Crippen molar-refractivity contribution in [1.29, 1.82) is 0 Å². The maximum absolute atomic E-state index is 13.2. The third kappa shape index (κ3) is 3.13. The molecule has 1 N–H and O–H groups in total. The van der Waals surface area contributed by atoms with E-state index < -0.39 is 17.9 Å². The van der Waals surface area contributed by atoms with Gasteiger partial charge in [0.25, 0.3) is 11.5 Å². The van der Waals surface area contributed by atoms with Crippen LogP contribution in [0.25, 0.3) is 5.69 Å². The molecule has 1 amide bonds. The molecule has 0 spiro atoms. The molecule has 140 valence electrons. The fourth-order valence-electron chi connectivity index (χ4n) is 4.38. The fourth-order valence-corrected chi connectivity index (χ4v) is 4.38. The molecule has 1 saturated carbocycles. The summed E-state index contributed by atoms with van der Waals surface area (Å²) in [7, 11) is 0. The number of nitrogens with zero attached hydrogens (tertiary/aromatic N) is 3. The van der Waals surface area contributed by atoms with Crippen LogP contribution in [-0.4, -0.2) is 43.7 Å². The SMILES string of the molecule is O=C(O)C1CC2CCCCC2N1C(=O)c1ccc(=O)n(-c2ccccc2)n1. The van der Waals surface area contributed by atoms with Gasteiger partial charge in [-0.05, 0) is 43.4 Å². The molecule has 7 heteroatoms. The number of carboxylic acids is 1. The number of para-hydroxylation sites is 1. The van der Waals surface area contributed by atoms with E-state index >= 15 is 0 Å². The smallest absolute Gasteiger partial charge is 0.326 e. The highest BCUT2D eigenvalue weighted by Crippen LogP contribution is 2.40. The second kappa shape index (κ2) is 6.98. The van der Waals surface area contributed by atoms with Gasteiger partial charge in [-0.15, -0.1) is 0 Å². The highest BCUT2D eigenvalue weighted by atomic mass is 16.4. The van der Waals surface area contributed by atoms with E-state index in [-0.39, 0.29) is 23.2 Å². The molecule has 2 aliphatic rings. The van der Waals surface area contributed by atoms with Gasteiger partial charge in [0.1, 0.15) is 11.7 Å². The molecule has 2 fully saturated rings. The summed E-state index contributed by atoms with van der Waals surface area (Å²) >= 11 is 0. The van der Waals surface area contributed by atoms with Gasteiger partial charge in [0.15, 0.2) is 0 Å². The molecule has 7 nitrogen and oxygen atoms in total. The number of rotatable bonds is 3. The van der Waals surface area contributed by atoms with Crippen molar-refractivity contribution in [2.45, 2.75) is 44.2 Å². The molecule has 3 atom stereocenters. The zero-order valence-electron chi connectivity index (χ0n) is 14.8. The van der Waals surface area contributed by atoms with Crippen molar-refractivity contribution in [2.75, 3.05) is 0 Å². The number of benzene rings is 1. The topological polar surface area (TPSA) is 92.5 Å². The highest BCUT2D eigenvalue weighted by molar-refractivity contribution is 5.95. The minimum absolute atomic E-state index is 0.0637. The van der Waals surface area contributed by atoms with Crippen LogP contribution in [0.4, 0.5) is 0 Å². The van der Waals surface area contributed by atoms with E-state index in [4.69, 9.17) is 0 Å². The van der Waals surface area contributed by atoms with Crippen molar-refractivity contribution < 1.29 is 14.7 Å². The molecule has 0 bridgehead atoms. The lowest BCUT2D eigenvalue weighted by Crippen LogP contribution is -2.46. The number of amides is 1. The van der Waals surface area contributed by atoms with Crippen LogP contribution in [0.1, 0.15) is 42.6 Å². The van der Waals surface area contributed by atoms with E-state index in [1.54, 1.807) is 24.3 Å². The zero-order valence-corrected chi connectivity index (χ0v) is 14.8. The molecule has 1 aromatic carbocycles. The minimum Gasteiger partial charge on any atom is -0.480 e. The first-order valence-electron chi connectivity index (χ1n) is 9.27. The molecule has 1 aliphatic carbocycles. The number of carboxylic acid groups (broad SMARTS) is 1. The van der Waals surface area contributed by atoms with Gasteiger partial charge in [-0.1, -0.05) is 31.0 Å². The summed E-state index contributed by atoms with van der Waals surface area (Å²) in [6.07, 6.45) is 4.33. The Morgan fingerprint density at radius 1 is 1.04 bits per heavy atom. The lowest BCUT2D eigenvalue weighted by atomic mass is 9.84. The van der Waals surface area contributed by atoms with Crippen LogP contribution in [0.5, 0.6) is 0 Å². The maximum Gasteiger partial charge on any atom is 0.326 e. The monoisotopic (exact) mass is 367 g/mol. The Morgan fingerprint density at radius 3 is 2.52 bits per heavy atom. The van der Waals surface area contributed by atoms with Crippen molar-refractivity contribution in [1.82, 2.24) is 14.7 Å². The molecule has 3 unspecified atom stereocenters. The van der Waals surface area contributed by atoms with E-state index in [1.807, 2.05) is 6.07 Å². The van der Waals surface area contributed by atoms with Gasteiger partial charge in [-0.2, -0.15) is 9.78 Å². The zero-order chi connectivity index (χ0) is 19.0. The van der Waals surface area contributed by atoms with Crippen LogP contribution in [0.15, 0.2) is 47.3 Å². The van der Waals surface area contributed by atoms with E-state index in [0.29, 0.717) is 12.1 Å². The van der Waals surface area contributed by atoms with Crippen LogP contribution in [0.2, 0.25) is 0 Å². The minimum atomic E-state index is -0.978. The molecule has 2 aromatic rings. The second-order valence-electron chi connectivity index (χ2n) is 7.22. The number of aliphatic carboxylic acids is 1. The maximum atomic E-state index is 13.2. The molecule has 4 rings (SSSR count). The number of hydrogen-bond donors (Lipinski definition) is 1. The fraction of sp³-hybridized carbons (Fsp3) is 0.400. The lowest BCUT2D eigenvalue weighted by Gasteiger charge is -2.32. The standard InChI is InChI=1S/C20H21N3O4/c24-18-11-10-15(21-23(18)14-7-2-1-3-8-14)19(25)22-16-9-5-4-6-13(16)12-17(22)20(26)27/h1-3,7-8,10-11,13,16-17H,4-6,9,12H2,(H,26,27). The van der Waals surface area contributed by atoms with Crippen molar-refractivity contribution in [2.24, 2.45) is 5.92 Å². The van der Waals surface area contributed by atoms with Gasteiger partial charge in [0.05, 0.1) is 5.69 Å². The summed E-state index contributed by atoms with van der Waals surface area (Å²) in [5, 5.41) is 13.9. The molecular weight excluding hydrogens is 346 g/mol.